The molecule has 0 amide bonds. The smallest absolute Gasteiger partial charge is 0.0448 e. The lowest BCUT2D eigenvalue weighted by atomic mass is 9.93. The number of aliphatic hydroxyl groups excluding tert-OH is 1. The molecule has 0 aromatic carbocycles. The minimum atomic E-state index is 0.142. The van der Waals surface area contributed by atoms with E-state index in [1.165, 1.54) is 0 Å². The third-order valence-corrected chi connectivity index (χ3v) is 2.07. The minimum Gasteiger partial charge on any atom is -0.396 e. The Morgan fingerprint density at radius 3 is 2.30 bits per heavy atom. The van der Waals surface area contributed by atoms with E-state index < -0.39 is 0 Å². The Hall–Kier alpha value is -0.0800. The predicted molar refractivity (Wildman–Crippen MR) is 44.1 cm³/mol. The van der Waals surface area contributed by atoms with Crippen molar-refractivity contribution in [3.8, 4) is 0 Å². The molecule has 10 heavy (non-hydrogen) atoms. The first-order valence-electron chi connectivity index (χ1n) is 3.98. The molecule has 2 N–H and O–H groups in total. The van der Waals surface area contributed by atoms with Crippen LogP contribution in [-0.2, 0) is 0 Å². The molecule has 0 aliphatic rings. The monoisotopic (exact) mass is 145 g/mol. The van der Waals surface area contributed by atoms with Crippen LogP contribution in [0.2, 0.25) is 0 Å². The molecule has 0 heterocycles. The van der Waals surface area contributed by atoms with Crippen LogP contribution in [0.4, 0.5) is 0 Å². The minimum absolute atomic E-state index is 0.142. The maximum Gasteiger partial charge on any atom is 0.0448 e. The van der Waals surface area contributed by atoms with Crippen molar-refractivity contribution in [3.63, 3.8) is 0 Å². The van der Waals surface area contributed by atoms with Gasteiger partial charge in [-0.25, -0.2) is 0 Å². The third kappa shape index (κ3) is 3.18. The molecule has 0 aliphatic carbocycles. The Morgan fingerprint density at radius 2 is 2.00 bits per heavy atom. The van der Waals surface area contributed by atoms with E-state index in [4.69, 9.17) is 5.11 Å². The molecule has 0 bridgehead atoms. The zero-order chi connectivity index (χ0) is 8.04. The zero-order valence-electron chi connectivity index (χ0n) is 7.28. The summed E-state index contributed by atoms with van der Waals surface area (Å²) in [6.45, 7) is 4.58. The van der Waals surface area contributed by atoms with Crippen molar-refractivity contribution in [1.82, 2.24) is 5.32 Å². The van der Waals surface area contributed by atoms with Gasteiger partial charge in [0.05, 0.1) is 0 Å². The molecule has 0 aliphatic heterocycles. The van der Waals surface area contributed by atoms with Gasteiger partial charge in [0.25, 0.3) is 0 Å². The lowest BCUT2D eigenvalue weighted by Gasteiger charge is -2.27. The van der Waals surface area contributed by atoms with Crippen LogP contribution in [0.25, 0.3) is 0 Å². The second-order valence-corrected chi connectivity index (χ2v) is 3.03. The molecule has 0 aromatic rings. The Kier molecular flexibility index (Phi) is 4.65. The largest absolute Gasteiger partial charge is 0.396 e. The third-order valence-electron chi connectivity index (χ3n) is 2.07. The summed E-state index contributed by atoms with van der Waals surface area (Å²) < 4.78 is 0. The van der Waals surface area contributed by atoms with Crippen LogP contribution in [0.15, 0.2) is 0 Å². The first kappa shape index (κ1) is 9.92. The molecule has 1 atom stereocenters. The highest BCUT2D eigenvalue weighted by Gasteiger charge is 2.18. The highest BCUT2D eigenvalue weighted by Crippen LogP contribution is 2.14. The maximum absolute atomic E-state index is 8.72. The SMILES string of the molecule is CCCC(C)(CCO)NC. The molecular weight excluding hydrogens is 126 g/mol. The molecule has 2 heteroatoms. The molecule has 0 saturated carbocycles. The van der Waals surface area contributed by atoms with Crippen molar-refractivity contribution >= 4 is 0 Å². The highest BCUT2D eigenvalue weighted by molar-refractivity contribution is 4.79. The van der Waals surface area contributed by atoms with Gasteiger partial charge < -0.3 is 10.4 Å². The molecule has 62 valence electrons. The average Bonchev–Trinajstić information content (AvgIpc) is 1.89. The van der Waals surface area contributed by atoms with Gasteiger partial charge in [-0.1, -0.05) is 13.3 Å². The summed E-state index contributed by atoms with van der Waals surface area (Å²) in [5.41, 5.74) is 0.142. The molecule has 1 unspecified atom stereocenters. The van der Waals surface area contributed by atoms with Crippen molar-refractivity contribution < 1.29 is 5.11 Å². The van der Waals surface area contributed by atoms with E-state index in [0.29, 0.717) is 0 Å². The fourth-order valence-electron chi connectivity index (χ4n) is 1.17. The number of rotatable bonds is 5. The number of nitrogens with one attached hydrogen (secondary N) is 1. The standard InChI is InChI=1S/C8H19NO/c1-4-5-8(2,9-3)6-7-10/h9-10H,4-7H2,1-3H3. The molecule has 0 rings (SSSR count). The molecule has 0 saturated heterocycles. The van der Waals surface area contributed by atoms with Crippen LogP contribution in [0.3, 0.4) is 0 Å². The highest BCUT2D eigenvalue weighted by atomic mass is 16.3. The number of hydrogen-bond acceptors (Lipinski definition) is 2. The van der Waals surface area contributed by atoms with Gasteiger partial charge in [-0.15, -0.1) is 0 Å². The van der Waals surface area contributed by atoms with Crippen LogP contribution < -0.4 is 5.32 Å². The quantitative estimate of drug-likeness (QED) is 0.608. The van der Waals surface area contributed by atoms with Crippen LogP contribution >= 0.6 is 0 Å². The van der Waals surface area contributed by atoms with Crippen molar-refractivity contribution in [1.29, 1.82) is 0 Å². The van der Waals surface area contributed by atoms with Crippen molar-refractivity contribution in [2.75, 3.05) is 13.7 Å². The molecule has 0 aromatic heterocycles. The van der Waals surface area contributed by atoms with Gasteiger partial charge in [0.1, 0.15) is 0 Å². The van der Waals surface area contributed by atoms with Gasteiger partial charge in [0.2, 0.25) is 0 Å². The summed E-state index contributed by atoms with van der Waals surface area (Å²) in [7, 11) is 1.95. The molecule has 0 spiro atoms. The fourth-order valence-corrected chi connectivity index (χ4v) is 1.17. The van der Waals surface area contributed by atoms with Gasteiger partial charge in [-0.3, -0.25) is 0 Å². The van der Waals surface area contributed by atoms with Gasteiger partial charge in [-0.05, 0) is 26.8 Å². The fraction of sp³-hybridized carbons (Fsp3) is 1.00. The Morgan fingerprint density at radius 1 is 1.40 bits per heavy atom. The van der Waals surface area contributed by atoms with E-state index in [1.807, 2.05) is 7.05 Å². The maximum atomic E-state index is 8.72. The summed E-state index contributed by atoms with van der Waals surface area (Å²) >= 11 is 0. The van der Waals surface area contributed by atoms with Gasteiger partial charge in [0, 0.05) is 12.1 Å². The lowest BCUT2D eigenvalue weighted by molar-refractivity contribution is 0.218. The van der Waals surface area contributed by atoms with E-state index in [-0.39, 0.29) is 12.1 Å². The molecule has 2 nitrogen and oxygen atoms in total. The number of hydrogen-bond donors (Lipinski definition) is 2. The van der Waals surface area contributed by atoms with Gasteiger partial charge >= 0.3 is 0 Å². The number of aliphatic hydroxyl groups is 1. The van der Waals surface area contributed by atoms with E-state index >= 15 is 0 Å². The lowest BCUT2D eigenvalue weighted by Crippen LogP contribution is -2.40. The predicted octanol–water partition coefficient (Wildman–Crippen LogP) is 1.15. The summed E-state index contributed by atoms with van der Waals surface area (Å²) in [5, 5.41) is 11.9. The van der Waals surface area contributed by atoms with E-state index in [2.05, 4.69) is 19.2 Å². The van der Waals surface area contributed by atoms with E-state index in [0.717, 1.165) is 19.3 Å². The van der Waals surface area contributed by atoms with Crippen LogP contribution in [0, 0.1) is 0 Å². The molecule has 0 fully saturated rings. The topological polar surface area (TPSA) is 32.3 Å². The Bertz CT molecular complexity index is 77.3. The molecule has 0 radical (unpaired) electrons. The molecular formula is C8H19NO. The van der Waals surface area contributed by atoms with E-state index in [9.17, 15) is 0 Å². The van der Waals surface area contributed by atoms with Crippen LogP contribution in [0.5, 0.6) is 0 Å². The van der Waals surface area contributed by atoms with Crippen LogP contribution in [-0.4, -0.2) is 24.3 Å². The normalized spacial score (nSPS) is 16.8. The average molecular weight is 145 g/mol. The van der Waals surface area contributed by atoms with Gasteiger partial charge in [-0.2, -0.15) is 0 Å². The summed E-state index contributed by atoms with van der Waals surface area (Å²) in [5.74, 6) is 0. The second kappa shape index (κ2) is 4.69. The second-order valence-electron chi connectivity index (χ2n) is 3.03. The van der Waals surface area contributed by atoms with Gasteiger partial charge in [0.15, 0.2) is 0 Å². The first-order valence-corrected chi connectivity index (χ1v) is 3.98. The summed E-state index contributed by atoms with van der Waals surface area (Å²) in [6, 6.07) is 0. The van der Waals surface area contributed by atoms with E-state index in [1.54, 1.807) is 0 Å². The first-order chi connectivity index (χ1) is 4.68. The van der Waals surface area contributed by atoms with Crippen molar-refractivity contribution in [2.24, 2.45) is 0 Å². The zero-order valence-corrected chi connectivity index (χ0v) is 7.28. The van der Waals surface area contributed by atoms with Crippen molar-refractivity contribution in [3.05, 3.63) is 0 Å². The van der Waals surface area contributed by atoms with Crippen molar-refractivity contribution in [2.45, 2.75) is 38.6 Å². The summed E-state index contributed by atoms with van der Waals surface area (Å²) in [6.07, 6.45) is 3.14. The van der Waals surface area contributed by atoms with Crippen LogP contribution in [0.1, 0.15) is 33.1 Å². The Labute approximate surface area is 63.6 Å². The summed E-state index contributed by atoms with van der Waals surface area (Å²) in [4.78, 5) is 0. The Balaban J connectivity index is 3.69.